The van der Waals surface area contributed by atoms with Gasteiger partial charge >= 0.3 is 0 Å². The maximum Gasteiger partial charge on any atom is 0.0197 e. The van der Waals surface area contributed by atoms with Gasteiger partial charge in [-0.3, -0.25) is 0 Å². The van der Waals surface area contributed by atoms with E-state index >= 15 is 0 Å². The summed E-state index contributed by atoms with van der Waals surface area (Å²) in [6.07, 6.45) is 1.39. The van der Waals surface area contributed by atoms with E-state index in [4.69, 9.17) is 0 Å². The Morgan fingerprint density at radius 1 is 1.67 bits per heavy atom. The highest BCUT2D eigenvalue weighted by Gasteiger charge is 1.89. The highest BCUT2D eigenvalue weighted by molar-refractivity contribution is 6.35. The van der Waals surface area contributed by atoms with Crippen LogP contribution in [0.1, 0.15) is 20.3 Å². The van der Waals surface area contributed by atoms with Crippen molar-refractivity contribution in [3.8, 4) is 0 Å². The van der Waals surface area contributed by atoms with Gasteiger partial charge in [0.05, 0.1) is 0 Å². The lowest BCUT2D eigenvalue weighted by atomic mass is 10.4. The molecule has 0 saturated carbocycles. The molecular formula is C5H14Si. The highest BCUT2D eigenvalue weighted by Crippen LogP contribution is 2.03. The molecule has 1 heteroatoms. The van der Waals surface area contributed by atoms with E-state index in [1.807, 2.05) is 0 Å². The molecule has 38 valence electrons. The van der Waals surface area contributed by atoms with Crippen LogP contribution in [0, 0.1) is 0 Å². The molecule has 6 heavy (non-hydrogen) atoms. The molecule has 0 amide bonds. The fourth-order valence-electron chi connectivity index (χ4n) is 0.289. The number of hydrogen-bond donors (Lipinski definition) is 0. The van der Waals surface area contributed by atoms with E-state index in [1.54, 1.807) is 0 Å². The average Bonchev–Trinajstić information content (AvgIpc) is 1.65. The molecule has 0 saturated heterocycles. The predicted octanol–water partition coefficient (Wildman–Crippen LogP) is 1.42. The second kappa shape index (κ2) is 3.41. The van der Waals surface area contributed by atoms with Gasteiger partial charge in [-0.05, 0) is 0 Å². The van der Waals surface area contributed by atoms with E-state index in [1.165, 1.54) is 6.42 Å². The molecule has 0 aliphatic carbocycles. The summed E-state index contributed by atoms with van der Waals surface area (Å²) < 4.78 is 0. The topological polar surface area (TPSA) is 0 Å². The molecule has 0 bridgehead atoms. The lowest BCUT2D eigenvalue weighted by Crippen LogP contribution is -1.89. The average molecular weight is 102 g/mol. The maximum absolute atomic E-state index is 2.37. The van der Waals surface area contributed by atoms with Crippen LogP contribution >= 0.6 is 0 Å². The molecule has 0 nitrogen and oxygen atoms in total. The van der Waals surface area contributed by atoms with Crippen molar-refractivity contribution in [3.05, 3.63) is 0 Å². The van der Waals surface area contributed by atoms with Crippen molar-refractivity contribution in [2.75, 3.05) is 0 Å². The molecule has 0 aromatic rings. The number of hydrogen-bond acceptors (Lipinski definition) is 0. The molecule has 1 atom stereocenters. The third kappa shape index (κ3) is 2.45. The Balaban J connectivity index is 2.75. The Morgan fingerprint density at radius 3 is 2.17 bits per heavy atom. The van der Waals surface area contributed by atoms with E-state index in [9.17, 15) is 0 Å². The van der Waals surface area contributed by atoms with Crippen molar-refractivity contribution in [1.29, 1.82) is 0 Å². The SMILES string of the molecule is CCC(C)[SiH2]C. The minimum atomic E-state index is 0.338. The van der Waals surface area contributed by atoms with Crippen LogP contribution < -0.4 is 0 Å². The van der Waals surface area contributed by atoms with Gasteiger partial charge in [-0.15, -0.1) is 0 Å². The van der Waals surface area contributed by atoms with E-state index in [-0.39, 0.29) is 0 Å². The van der Waals surface area contributed by atoms with Gasteiger partial charge in [0.25, 0.3) is 0 Å². The molecule has 0 aromatic heterocycles. The first-order valence-corrected chi connectivity index (χ1v) is 5.04. The van der Waals surface area contributed by atoms with Crippen LogP contribution in [0.3, 0.4) is 0 Å². The van der Waals surface area contributed by atoms with Crippen LogP contribution in [0.15, 0.2) is 0 Å². The predicted molar refractivity (Wildman–Crippen MR) is 34.1 cm³/mol. The summed E-state index contributed by atoms with van der Waals surface area (Å²) in [6.45, 7) is 6.97. The molecule has 0 radical (unpaired) electrons. The van der Waals surface area contributed by atoms with Gasteiger partial charge in [0.1, 0.15) is 0 Å². The van der Waals surface area contributed by atoms with Crippen molar-refractivity contribution in [1.82, 2.24) is 0 Å². The Morgan fingerprint density at radius 2 is 2.17 bits per heavy atom. The molecule has 0 aromatic carbocycles. The third-order valence-corrected chi connectivity index (χ3v) is 3.37. The van der Waals surface area contributed by atoms with E-state index < -0.39 is 0 Å². The smallest absolute Gasteiger partial charge is 0.0197 e. The monoisotopic (exact) mass is 102 g/mol. The molecule has 1 unspecified atom stereocenters. The van der Waals surface area contributed by atoms with Crippen LogP contribution in [0.4, 0.5) is 0 Å². The summed E-state index contributed by atoms with van der Waals surface area (Å²) in [7, 11) is 0.338. The Hall–Kier alpha value is 0.217. The summed E-state index contributed by atoms with van der Waals surface area (Å²) in [4.78, 5) is 0. The van der Waals surface area contributed by atoms with Gasteiger partial charge in [0.2, 0.25) is 0 Å². The molecule has 0 fully saturated rings. The lowest BCUT2D eigenvalue weighted by Gasteiger charge is -1.97. The maximum atomic E-state index is 2.37. The summed E-state index contributed by atoms with van der Waals surface area (Å²) in [5, 5.41) is 0. The van der Waals surface area contributed by atoms with Gasteiger partial charge in [-0.1, -0.05) is 32.4 Å². The van der Waals surface area contributed by atoms with Gasteiger partial charge in [-0.2, -0.15) is 0 Å². The summed E-state index contributed by atoms with van der Waals surface area (Å²) in [5.41, 5.74) is 1.07. The first-order chi connectivity index (χ1) is 2.81. The number of rotatable bonds is 2. The van der Waals surface area contributed by atoms with E-state index in [2.05, 4.69) is 20.4 Å². The lowest BCUT2D eigenvalue weighted by molar-refractivity contribution is 0.871. The quantitative estimate of drug-likeness (QED) is 0.463. The molecule has 0 spiro atoms. The van der Waals surface area contributed by atoms with Crippen LogP contribution in [-0.4, -0.2) is 9.52 Å². The van der Waals surface area contributed by atoms with E-state index in [0.717, 1.165) is 5.54 Å². The molecule has 0 aliphatic rings. The highest BCUT2D eigenvalue weighted by atomic mass is 28.2. The zero-order valence-electron chi connectivity index (χ0n) is 4.99. The van der Waals surface area contributed by atoms with Gasteiger partial charge < -0.3 is 0 Å². The molecular weight excluding hydrogens is 88.1 g/mol. The van der Waals surface area contributed by atoms with Crippen molar-refractivity contribution in [3.63, 3.8) is 0 Å². The standard InChI is InChI=1S/C5H14Si/c1-4-5(2)6-3/h5H,4,6H2,1-3H3. The van der Waals surface area contributed by atoms with Gasteiger partial charge in [0, 0.05) is 9.52 Å². The largest absolute Gasteiger partial charge is 0.0746 e. The molecule has 0 heterocycles. The second-order valence-electron chi connectivity index (χ2n) is 1.92. The first-order valence-electron chi connectivity index (χ1n) is 2.81. The Kier molecular flexibility index (Phi) is 3.53. The van der Waals surface area contributed by atoms with Crippen molar-refractivity contribution < 1.29 is 0 Å². The van der Waals surface area contributed by atoms with Crippen molar-refractivity contribution in [2.24, 2.45) is 0 Å². The zero-order valence-corrected chi connectivity index (χ0v) is 6.41. The van der Waals surface area contributed by atoms with Crippen molar-refractivity contribution >= 4 is 9.52 Å². The van der Waals surface area contributed by atoms with Crippen LogP contribution in [0.2, 0.25) is 12.1 Å². The van der Waals surface area contributed by atoms with Crippen molar-refractivity contribution in [2.45, 2.75) is 32.4 Å². The first kappa shape index (κ1) is 6.22. The second-order valence-corrected chi connectivity index (χ2v) is 4.13. The van der Waals surface area contributed by atoms with Crippen LogP contribution in [-0.2, 0) is 0 Å². The minimum absolute atomic E-state index is 0.338. The summed E-state index contributed by atoms with van der Waals surface area (Å²) in [6, 6.07) is 0. The van der Waals surface area contributed by atoms with Crippen LogP contribution in [0.25, 0.3) is 0 Å². The molecule has 0 N–H and O–H groups in total. The molecule has 0 rings (SSSR count). The van der Waals surface area contributed by atoms with E-state index in [0.29, 0.717) is 9.52 Å². The Labute approximate surface area is 42.8 Å². The molecule has 0 aliphatic heterocycles. The van der Waals surface area contributed by atoms with Crippen LogP contribution in [0.5, 0.6) is 0 Å². The zero-order chi connectivity index (χ0) is 4.99. The summed E-state index contributed by atoms with van der Waals surface area (Å²) >= 11 is 0. The normalized spacial score (nSPS) is 16.5. The Bertz CT molecular complexity index is 23.1. The summed E-state index contributed by atoms with van der Waals surface area (Å²) in [5.74, 6) is 0. The van der Waals surface area contributed by atoms with Gasteiger partial charge in [-0.25, -0.2) is 0 Å². The minimum Gasteiger partial charge on any atom is -0.0746 e. The fraction of sp³-hybridized carbons (Fsp3) is 1.00. The fourth-order valence-corrected chi connectivity index (χ4v) is 0.866. The van der Waals surface area contributed by atoms with Gasteiger partial charge in [0.15, 0.2) is 0 Å². The third-order valence-electron chi connectivity index (χ3n) is 1.39.